The Morgan fingerprint density at radius 2 is 1.52 bits per heavy atom. The van der Waals surface area contributed by atoms with Crippen LogP contribution in [0.2, 0.25) is 0 Å². The summed E-state index contributed by atoms with van der Waals surface area (Å²) >= 11 is 0. The number of hydrogen-bond acceptors (Lipinski definition) is 8. The summed E-state index contributed by atoms with van der Waals surface area (Å²) in [6.07, 6.45) is 5.27. The van der Waals surface area contributed by atoms with E-state index in [1.165, 1.54) is 25.4 Å². The zero-order valence-electron chi connectivity index (χ0n) is 28.7. The SMILES string of the molecule is COC(=O)CC(=O)OC1CCC2(C)C3=C(CCC2C1(C)C)C1(C)CCC(C(C)CC(=O)C(C)C(C)C(=O)OC)C1(C)C(O)C3. The van der Waals surface area contributed by atoms with E-state index in [1.807, 2.05) is 6.92 Å². The first-order valence-electron chi connectivity index (χ1n) is 16.7. The summed E-state index contributed by atoms with van der Waals surface area (Å²) in [5.74, 6) is -1.76. The number of ketones is 1. The minimum absolute atomic E-state index is 0.0807. The lowest BCUT2D eigenvalue weighted by Crippen LogP contribution is -2.58. The molecule has 0 amide bonds. The number of allylic oxidation sites excluding steroid dienone is 1. The molecule has 44 heavy (non-hydrogen) atoms. The van der Waals surface area contributed by atoms with Crippen LogP contribution in [0.3, 0.4) is 0 Å². The van der Waals surface area contributed by atoms with E-state index in [0.29, 0.717) is 19.3 Å². The number of esters is 3. The van der Waals surface area contributed by atoms with Gasteiger partial charge in [-0.3, -0.25) is 19.2 Å². The van der Waals surface area contributed by atoms with Crippen molar-refractivity contribution in [3.63, 3.8) is 0 Å². The van der Waals surface area contributed by atoms with Crippen molar-refractivity contribution in [1.29, 1.82) is 0 Å². The summed E-state index contributed by atoms with van der Waals surface area (Å²) in [7, 11) is 2.62. The fourth-order valence-corrected chi connectivity index (χ4v) is 10.5. The summed E-state index contributed by atoms with van der Waals surface area (Å²) in [5, 5.41) is 12.1. The molecule has 0 aromatic rings. The largest absolute Gasteiger partial charge is 0.469 e. The molecule has 4 aliphatic rings. The molecular formula is C36H56O8. The van der Waals surface area contributed by atoms with Crippen LogP contribution in [-0.4, -0.2) is 55.2 Å². The Labute approximate surface area is 264 Å². The van der Waals surface area contributed by atoms with Crippen LogP contribution in [0.4, 0.5) is 0 Å². The van der Waals surface area contributed by atoms with Gasteiger partial charge in [-0.2, -0.15) is 0 Å². The van der Waals surface area contributed by atoms with Gasteiger partial charge in [0.05, 0.1) is 26.2 Å². The van der Waals surface area contributed by atoms with Gasteiger partial charge < -0.3 is 19.3 Å². The summed E-state index contributed by atoms with van der Waals surface area (Å²) in [5.41, 5.74) is 1.96. The first-order chi connectivity index (χ1) is 20.4. The lowest BCUT2D eigenvalue weighted by molar-refractivity contribution is -0.173. The minimum atomic E-state index is -0.591. The summed E-state index contributed by atoms with van der Waals surface area (Å²) < 4.78 is 15.4. The minimum Gasteiger partial charge on any atom is -0.469 e. The number of rotatable bonds is 9. The third-order valence-corrected chi connectivity index (χ3v) is 13.7. The van der Waals surface area contributed by atoms with Crippen molar-refractivity contribution < 1.29 is 38.5 Å². The Kier molecular flexibility index (Phi) is 9.59. The van der Waals surface area contributed by atoms with E-state index in [9.17, 15) is 24.3 Å². The summed E-state index contributed by atoms with van der Waals surface area (Å²) in [4.78, 5) is 49.6. The van der Waals surface area contributed by atoms with Gasteiger partial charge in [-0.25, -0.2) is 0 Å². The van der Waals surface area contributed by atoms with Crippen LogP contribution in [0.15, 0.2) is 11.1 Å². The van der Waals surface area contributed by atoms with Crippen molar-refractivity contribution >= 4 is 23.7 Å². The van der Waals surface area contributed by atoms with Crippen molar-refractivity contribution in [3.05, 3.63) is 11.1 Å². The number of Topliss-reactive ketones (excluding diaryl/α,β-unsaturated/α-hetero) is 1. The molecule has 0 aromatic carbocycles. The Bertz CT molecular complexity index is 1200. The maximum absolute atomic E-state index is 13.3. The molecule has 10 atom stereocenters. The number of aliphatic hydroxyl groups is 1. The molecule has 1 N–H and O–H groups in total. The number of hydrogen-bond donors (Lipinski definition) is 1. The predicted octanol–water partition coefficient (Wildman–Crippen LogP) is 6.22. The van der Waals surface area contributed by atoms with E-state index in [4.69, 9.17) is 9.47 Å². The fraction of sp³-hybridized carbons (Fsp3) is 0.833. The molecule has 0 saturated heterocycles. The van der Waals surface area contributed by atoms with Crippen molar-refractivity contribution in [2.75, 3.05) is 14.2 Å². The average Bonchev–Trinajstić information content (AvgIpc) is 3.26. The van der Waals surface area contributed by atoms with Crippen LogP contribution < -0.4 is 0 Å². The fourth-order valence-electron chi connectivity index (χ4n) is 10.5. The van der Waals surface area contributed by atoms with Gasteiger partial charge in [-0.05, 0) is 73.5 Å². The van der Waals surface area contributed by atoms with Crippen molar-refractivity contribution in [1.82, 2.24) is 0 Å². The van der Waals surface area contributed by atoms with Crippen LogP contribution in [0.25, 0.3) is 0 Å². The molecule has 2 saturated carbocycles. The van der Waals surface area contributed by atoms with Gasteiger partial charge >= 0.3 is 17.9 Å². The highest BCUT2D eigenvalue weighted by Crippen LogP contribution is 2.72. The van der Waals surface area contributed by atoms with Gasteiger partial charge in [-0.15, -0.1) is 0 Å². The second-order valence-electron chi connectivity index (χ2n) is 15.8. The molecule has 10 unspecified atom stereocenters. The lowest BCUT2D eigenvalue weighted by Gasteiger charge is -2.63. The summed E-state index contributed by atoms with van der Waals surface area (Å²) in [6.45, 7) is 17.1. The highest BCUT2D eigenvalue weighted by Gasteiger charge is 2.66. The van der Waals surface area contributed by atoms with Crippen LogP contribution in [-0.2, 0) is 33.4 Å². The standard InChI is InChI=1S/C36H56O8/c1-20(17-26(37)21(2)22(3)32(41)43-10)23-13-16-35(7)24-11-12-27-33(4,5)29(44-31(40)19-30(39)42-9)14-15-34(27,6)25(24)18-28(38)36(23,35)8/h20-23,27-29,38H,11-19H2,1-10H3. The van der Waals surface area contributed by atoms with E-state index in [1.54, 1.807) is 6.92 Å². The van der Waals surface area contributed by atoms with Crippen LogP contribution in [0.1, 0.15) is 113 Å². The van der Waals surface area contributed by atoms with Crippen molar-refractivity contribution in [2.45, 2.75) is 125 Å². The molecule has 0 spiro atoms. The number of carbonyl (C=O) groups is 4. The lowest BCUT2D eigenvalue weighted by atomic mass is 9.42. The quantitative estimate of drug-likeness (QED) is 0.140. The van der Waals surface area contributed by atoms with Gasteiger partial charge in [-0.1, -0.05) is 66.5 Å². The Morgan fingerprint density at radius 3 is 2.14 bits per heavy atom. The smallest absolute Gasteiger partial charge is 0.317 e. The first-order valence-corrected chi connectivity index (χ1v) is 16.7. The molecule has 0 aliphatic heterocycles. The maximum atomic E-state index is 13.3. The molecule has 2 fully saturated rings. The molecule has 0 bridgehead atoms. The van der Waals surface area contributed by atoms with Gasteiger partial charge in [0.2, 0.25) is 0 Å². The second-order valence-corrected chi connectivity index (χ2v) is 15.8. The average molecular weight is 617 g/mol. The highest BCUT2D eigenvalue weighted by molar-refractivity contribution is 5.91. The van der Waals surface area contributed by atoms with Crippen LogP contribution in [0.5, 0.6) is 0 Å². The maximum Gasteiger partial charge on any atom is 0.317 e. The molecule has 4 rings (SSSR count). The number of fused-ring (bicyclic) bond motifs is 4. The van der Waals surface area contributed by atoms with Crippen LogP contribution in [0, 0.1) is 51.2 Å². The predicted molar refractivity (Wildman–Crippen MR) is 166 cm³/mol. The van der Waals surface area contributed by atoms with Gasteiger partial charge in [0.25, 0.3) is 0 Å². The zero-order valence-corrected chi connectivity index (χ0v) is 28.7. The molecule has 4 aliphatic carbocycles. The normalized spacial score (nSPS) is 37.9. The van der Waals surface area contributed by atoms with E-state index < -0.39 is 29.9 Å². The third-order valence-electron chi connectivity index (χ3n) is 13.7. The van der Waals surface area contributed by atoms with E-state index in [2.05, 4.69) is 46.3 Å². The number of aliphatic hydroxyl groups excluding tert-OH is 1. The zero-order chi connectivity index (χ0) is 33.0. The Morgan fingerprint density at radius 1 is 0.864 bits per heavy atom. The number of carbonyl (C=O) groups excluding carboxylic acids is 4. The van der Waals surface area contributed by atoms with E-state index >= 15 is 0 Å². The topological polar surface area (TPSA) is 116 Å². The van der Waals surface area contributed by atoms with Crippen molar-refractivity contribution in [2.24, 2.45) is 51.2 Å². The van der Waals surface area contributed by atoms with Gasteiger partial charge in [0.15, 0.2) is 0 Å². The molecule has 248 valence electrons. The first kappa shape index (κ1) is 34.6. The molecule has 8 nitrogen and oxygen atoms in total. The molecule has 0 aromatic heterocycles. The Balaban J connectivity index is 1.58. The molecule has 8 heteroatoms. The van der Waals surface area contributed by atoms with Crippen LogP contribution >= 0.6 is 0 Å². The summed E-state index contributed by atoms with van der Waals surface area (Å²) in [6, 6.07) is 0. The van der Waals surface area contributed by atoms with E-state index in [-0.39, 0.29) is 63.7 Å². The number of ether oxygens (including phenoxy) is 3. The molecule has 0 heterocycles. The third kappa shape index (κ3) is 5.35. The second kappa shape index (κ2) is 12.2. The monoisotopic (exact) mass is 616 g/mol. The van der Waals surface area contributed by atoms with Gasteiger partial charge in [0.1, 0.15) is 18.3 Å². The van der Waals surface area contributed by atoms with Gasteiger partial charge in [0, 0.05) is 23.2 Å². The molecule has 0 radical (unpaired) electrons. The number of methoxy groups -OCH3 is 2. The Hall–Kier alpha value is -2.22. The molecular weight excluding hydrogens is 560 g/mol. The van der Waals surface area contributed by atoms with Crippen molar-refractivity contribution in [3.8, 4) is 0 Å². The van der Waals surface area contributed by atoms with E-state index in [0.717, 1.165) is 32.1 Å². The highest BCUT2D eigenvalue weighted by atomic mass is 16.6.